The number of carboxylic acids is 1. The second-order valence-electron chi connectivity index (χ2n) is 4.62. The van der Waals surface area contributed by atoms with Crippen molar-refractivity contribution in [3.8, 4) is 6.07 Å². The summed E-state index contributed by atoms with van der Waals surface area (Å²) in [7, 11) is 1.62. The number of aliphatic carboxylic acids is 1. The second kappa shape index (κ2) is 6.95. The van der Waals surface area contributed by atoms with E-state index in [-0.39, 0.29) is 31.5 Å². The summed E-state index contributed by atoms with van der Waals surface area (Å²) in [6, 6.07) is 1.11. The number of hydrogen-bond acceptors (Lipinski definition) is 4. The number of carboxylic acid groups (broad SMARTS) is 1. The van der Waals surface area contributed by atoms with Gasteiger partial charge in [0.25, 0.3) is 0 Å². The Balaban J connectivity index is 2.71. The summed E-state index contributed by atoms with van der Waals surface area (Å²) >= 11 is 0. The topological polar surface area (TPSA) is 93.9 Å². The molecule has 1 aliphatic heterocycles. The van der Waals surface area contributed by atoms with Crippen LogP contribution in [0.5, 0.6) is 0 Å². The zero-order valence-electron chi connectivity index (χ0n) is 11.2. The van der Waals surface area contributed by atoms with Gasteiger partial charge in [0, 0.05) is 19.6 Å². The molecule has 0 aromatic heterocycles. The van der Waals surface area contributed by atoms with E-state index in [1.165, 1.54) is 9.80 Å². The van der Waals surface area contributed by atoms with Crippen molar-refractivity contribution in [1.29, 1.82) is 5.26 Å². The number of carbonyl (C=O) groups excluding carboxylic acids is 1. The largest absolute Gasteiger partial charge is 0.481 e. The van der Waals surface area contributed by atoms with Gasteiger partial charge in [-0.05, 0) is 6.92 Å². The fourth-order valence-electron chi connectivity index (χ4n) is 1.94. The Hall–Kier alpha value is -1.81. The summed E-state index contributed by atoms with van der Waals surface area (Å²) in [6.45, 7) is 2.80. The number of carbonyl (C=O) groups is 2. The molecule has 2 amide bonds. The first kappa shape index (κ1) is 15.2. The number of amides is 2. The van der Waals surface area contributed by atoms with Gasteiger partial charge in [-0.25, -0.2) is 4.79 Å². The molecule has 1 aliphatic rings. The Morgan fingerprint density at radius 2 is 2.32 bits per heavy atom. The van der Waals surface area contributed by atoms with E-state index in [1.807, 2.05) is 6.07 Å². The van der Waals surface area contributed by atoms with Gasteiger partial charge >= 0.3 is 12.0 Å². The van der Waals surface area contributed by atoms with E-state index in [0.29, 0.717) is 13.2 Å². The molecule has 1 heterocycles. The lowest BCUT2D eigenvalue weighted by Gasteiger charge is -2.38. The van der Waals surface area contributed by atoms with E-state index < -0.39 is 12.0 Å². The summed E-state index contributed by atoms with van der Waals surface area (Å²) in [5, 5.41) is 17.5. The molecular formula is C12H19N3O4. The fraction of sp³-hybridized carbons (Fsp3) is 0.750. The van der Waals surface area contributed by atoms with Crippen LogP contribution >= 0.6 is 0 Å². The standard InChI is InChI=1S/C12H19N3O4/c1-9(3-4-13)14(2)12(18)15-5-6-19-8-10(15)7-11(16)17/h9-10H,3,5-8H2,1-2H3,(H,16,17). The molecule has 1 rings (SSSR count). The number of nitriles is 1. The highest BCUT2D eigenvalue weighted by Crippen LogP contribution is 2.15. The Bertz CT molecular complexity index is 380. The van der Waals surface area contributed by atoms with E-state index in [2.05, 4.69) is 0 Å². The molecule has 0 bridgehead atoms. The lowest BCUT2D eigenvalue weighted by atomic mass is 10.1. The summed E-state index contributed by atoms with van der Waals surface area (Å²) in [5.74, 6) is -0.957. The molecule has 0 aromatic rings. The normalized spacial score (nSPS) is 20.5. The highest BCUT2D eigenvalue weighted by atomic mass is 16.5. The van der Waals surface area contributed by atoms with Crippen molar-refractivity contribution in [2.45, 2.75) is 31.8 Å². The molecule has 2 atom stereocenters. The van der Waals surface area contributed by atoms with E-state index in [4.69, 9.17) is 15.1 Å². The van der Waals surface area contributed by atoms with Gasteiger partial charge < -0.3 is 19.6 Å². The van der Waals surface area contributed by atoms with Crippen molar-refractivity contribution in [2.24, 2.45) is 0 Å². The van der Waals surface area contributed by atoms with Gasteiger partial charge in [-0.15, -0.1) is 0 Å². The van der Waals surface area contributed by atoms with Crippen LogP contribution in [0.1, 0.15) is 19.8 Å². The van der Waals surface area contributed by atoms with E-state index in [9.17, 15) is 9.59 Å². The highest BCUT2D eigenvalue weighted by Gasteiger charge is 2.32. The minimum atomic E-state index is -0.957. The smallest absolute Gasteiger partial charge is 0.320 e. The molecule has 0 aliphatic carbocycles. The SMILES string of the molecule is CC(CC#N)N(C)C(=O)N1CCOCC1CC(=O)O. The summed E-state index contributed by atoms with van der Waals surface area (Å²) in [6.07, 6.45) is 0.113. The van der Waals surface area contributed by atoms with Crippen molar-refractivity contribution in [1.82, 2.24) is 9.80 Å². The summed E-state index contributed by atoms with van der Waals surface area (Å²) < 4.78 is 5.22. The monoisotopic (exact) mass is 269 g/mol. The molecule has 1 saturated heterocycles. The third-order valence-electron chi connectivity index (χ3n) is 3.23. The maximum atomic E-state index is 12.3. The van der Waals surface area contributed by atoms with Crippen LogP contribution in [0.4, 0.5) is 4.79 Å². The Morgan fingerprint density at radius 3 is 2.89 bits per heavy atom. The third kappa shape index (κ3) is 4.10. The van der Waals surface area contributed by atoms with Crippen molar-refractivity contribution < 1.29 is 19.4 Å². The predicted molar refractivity (Wildman–Crippen MR) is 66.4 cm³/mol. The molecule has 7 heteroatoms. The maximum Gasteiger partial charge on any atom is 0.320 e. The average Bonchev–Trinajstić information content (AvgIpc) is 2.37. The highest BCUT2D eigenvalue weighted by molar-refractivity contribution is 5.76. The molecule has 0 radical (unpaired) electrons. The lowest BCUT2D eigenvalue weighted by Crippen LogP contribution is -2.54. The van der Waals surface area contributed by atoms with E-state index in [1.54, 1.807) is 14.0 Å². The van der Waals surface area contributed by atoms with Crippen LogP contribution in [0, 0.1) is 11.3 Å². The Labute approximate surface area is 112 Å². The van der Waals surface area contributed by atoms with Crippen LogP contribution in [-0.2, 0) is 9.53 Å². The third-order valence-corrected chi connectivity index (χ3v) is 3.23. The zero-order chi connectivity index (χ0) is 14.4. The maximum absolute atomic E-state index is 12.3. The van der Waals surface area contributed by atoms with Gasteiger partial charge in [0.1, 0.15) is 0 Å². The molecule has 0 saturated carbocycles. The first-order valence-corrected chi connectivity index (χ1v) is 6.17. The van der Waals surface area contributed by atoms with Crippen LogP contribution in [0.15, 0.2) is 0 Å². The number of ether oxygens (including phenoxy) is 1. The van der Waals surface area contributed by atoms with Gasteiger partial charge in [-0.2, -0.15) is 5.26 Å². The first-order valence-electron chi connectivity index (χ1n) is 6.17. The zero-order valence-corrected chi connectivity index (χ0v) is 11.2. The van der Waals surface area contributed by atoms with Crippen LogP contribution in [0.2, 0.25) is 0 Å². The molecule has 7 nitrogen and oxygen atoms in total. The van der Waals surface area contributed by atoms with Gasteiger partial charge in [-0.1, -0.05) is 0 Å². The van der Waals surface area contributed by atoms with Gasteiger partial charge in [0.2, 0.25) is 0 Å². The Morgan fingerprint density at radius 1 is 1.63 bits per heavy atom. The number of urea groups is 1. The van der Waals surface area contributed by atoms with Crippen molar-refractivity contribution in [3.05, 3.63) is 0 Å². The molecule has 1 fully saturated rings. The number of hydrogen-bond donors (Lipinski definition) is 1. The van der Waals surface area contributed by atoms with Crippen LogP contribution in [-0.4, -0.2) is 65.8 Å². The lowest BCUT2D eigenvalue weighted by molar-refractivity contribution is -0.139. The van der Waals surface area contributed by atoms with Gasteiger partial charge in [0.15, 0.2) is 0 Å². The number of morpholine rings is 1. The van der Waals surface area contributed by atoms with Crippen LogP contribution in [0.3, 0.4) is 0 Å². The molecule has 19 heavy (non-hydrogen) atoms. The van der Waals surface area contributed by atoms with E-state index >= 15 is 0 Å². The van der Waals surface area contributed by atoms with Gasteiger partial charge in [-0.3, -0.25) is 4.79 Å². The van der Waals surface area contributed by atoms with Gasteiger partial charge in [0.05, 0.1) is 38.2 Å². The van der Waals surface area contributed by atoms with Crippen LogP contribution in [0.25, 0.3) is 0 Å². The molecule has 1 N–H and O–H groups in total. The Kier molecular flexibility index (Phi) is 5.57. The number of rotatable bonds is 4. The van der Waals surface area contributed by atoms with Crippen molar-refractivity contribution >= 4 is 12.0 Å². The minimum absolute atomic E-state index is 0.133. The summed E-state index contributed by atoms with van der Waals surface area (Å²) in [4.78, 5) is 26.1. The first-order chi connectivity index (χ1) is 8.97. The quantitative estimate of drug-likeness (QED) is 0.802. The molecule has 0 spiro atoms. The minimum Gasteiger partial charge on any atom is -0.481 e. The second-order valence-corrected chi connectivity index (χ2v) is 4.62. The predicted octanol–water partition coefficient (Wildman–Crippen LogP) is 0.516. The average molecular weight is 269 g/mol. The van der Waals surface area contributed by atoms with E-state index in [0.717, 1.165) is 0 Å². The van der Waals surface area contributed by atoms with Crippen molar-refractivity contribution in [3.63, 3.8) is 0 Å². The summed E-state index contributed by atoms with van der Waals surface area (Å²) in [5.41, 5.74) is 0. The van der Waals surface area contributed by atoms with Crippen LogP contribution < -0.4 is 0 Å². The molecule has 106 valence electrons. The molecule has 0 aromatic carbocycles. The number of nitrogens with zero attached hydrogens (tertiary/aromatic N) is 3. The molecule has 2 unspecified atom stereocenters. The fourth-order valence-corrected chi connectivity index (χ4v) is 1.94. The molecular weight excluding hydrogens is 250 g/mol. The van der Waals surface area contributed by atoms with Crippen molar-refractivity contribution in [2.75, 3.05) is 26.8 Å².